The van der Waals surface area contributed by atoms with E-state index in [-0.39, 0.29) is 17.0 Å². The van der Waals surface area contributed by atoms with Crippen molar-refractivity contribution in [3.63, 3.8) is 0 Å². The molecule has 2 N–H and O–H groups in total. The Morgan fingerprint density at radius 2 is 2.00 bits per heavy atom. The van der Waals surface area contributed by atoms with E-state index in [1.54, 1.807) is 6.92 Å². The third kappa shape index (κ3) is 2.29. The first-order valence-corrected chi connectivity index (χ1v) is 5.21. The highest BCUT2D eigenvalue weighted by atomic mass is 19.4. The molecule has 2 rings (SSSR count). The molecule has 17 heavy (non-hydrogen) atoms. The van der Waals surface area contributed by atoms with E-state index in [1.165, 1.54) is 18.4 Å². The molecule has 1 unspecified atom stereocenters. The zero-order chi connectivity index (χ0) is 12.6. The van der Waals surface area contributed by atoms with Gasteiger partial charge < -0.3 is 10.2 Å². The van der Waals surface area contributed by atoms with Crippen molar-refractivity contribution in [2.75, 3.05) is 0 Å². The first-order valence-electron chi connectivity index (χ1n) is 5.21. The summed E-state index contributed by atoms with van der Waals surface area (Å²) in [5, 5.41) is 0.0932. The highest BCUT2D eigenvalue weighted by molar-refractivity contribution is 5.84. The lowest BCUT2D eigenvalue weighted by Gasteiger charge is -2.11. The van der Waals surface area contributed by atoms with E-state index < -0.39 is 11.7 Å². The Kier molecular flexibility index (Phi) is 2.87. The van der Waals surface area contributed by atoms with Gasteiger partial charge >= 0.3 is 6.18 Å². The minimum Gasteiger partial charge on any atom is -0.464 e. The average Bonchev–Trinajstić information content (AvgIpc) is 2.63. The SMILES string of the molecule is CC(N)Cc1ccc(C(F)(F)F)c2ccoc12. The predicted octanol–water partition coefficient (Wildman–Crippen LogP) is 3.34. The molecule has 0 saturated carbocycles. The number of hydrogen-bond acceptors (Lipinski definition) is 2. The molecule has 0 fully saturated rings. The van der Waals surface area contributed by atoms with Crippen molar-refractivity contribution in [1.82, 2.24) is 0 Å². The maximum atomic E-state index is 12.7. The normalized spacial score (nSPS) is 14.2. The van der Waals surface area contributed by atoms with Crippen LogP contribution in [0.15, 0.2) is 28.9 Å². The van der Waals surface area contributed by atoms with Crippen LogP contribution in [-0.4, -0.2) is 6.04 Å². The second-order valence-electron chi connectivity index (χ2n) is 4.11. The molecule has 92 valence electrons. The Morgan fingerprint density at radius 1 is 1.29 bits per heavy atom. The summed E-state index contributed by atoms with van der Waals surface area (Å²) in [5.74, 6) is 0. The van der Waals surface area contributed by atoms with Crippen molar-refractivity contribution in [3.05, 3.63) is 35.6 Å². The monoisotopic (exact) mass is 243 g/mol. The lowest BCUT2D eigenvalue weighted by atomic mass is 10.0. The highest BCUT2D eigenvalue weighted by Crippen LogP contribution is 2.36. The Morgan fingerprint density at radius 3 is 2.59 bits per heavy atom. The molecule has 2 nitrogen and oxygen atoms in total. The molecule has 0 aliphatic heterocycles. The second kappa shape index (κ2) is 4.07. The smallest absolute Gasteiger partial charge is 0.417 e. The van der Waals surface area contributed by atoms with E-state index in [2.05, 4.69) is 0 Å². The van der Waals surface area contributed by atoms with Crippen molar-refractivity contribution in [2.24, 2.45) is 5.73 Å². The summed E-state index contributed by atoms with van der Waals surface area (Å²) >= 11 is 0. The summed E-state index contributed by atoms with van der Waals surface area (Å²) in [4.78, 5) is 0. The van der Waals surface area contributed by atoms with Crippen LogP contribution in [0.3, 0.4) is 0 Å². The van der Waals surface area contributed by atoms with E-state index in [4.69, 9.17) is 10.2 Å². The standard InChI is InChI=1S/C12H12F3NO/c1-7(16)6-8-2-3-10(12(13,14)15)9-4-5-17-11(8)9/h2-5,7H,6,16H2,1H3. The molecule has 1 aromatic carbocycles. The summed E-state index contributed by atoms with van der Waals surface area (Å²) in [7, 11) is 0. The first-order chi connectivity index (χ1) is 7.89. The highest BCUT2D eigenvalue weighted by Gasteiger charge is 2.33. The van der Waals surface area contributed by atoms with Crippen LogP contribution in [0.5, 0.6) is 0 Å². The quantitative estimate of drug-likeness (QED) is 0.878. The minimum absolute atomic E-state index is 0.0932. The van der Waals surface area contributed by atoms with Gasteiger partial charge in [-0.25, -0.2) is 0 Å². The van der Waals surface area contributed by atoms with Crippen molar-refractivity contribution >= 4 is 11.0 Å². The van der Waals surface area contributed by atoms with Crippen LogP contribution in [0.2, 0.25) is 0 Å². The van der Waals surface area contributed by atoms with Crippen molar-refractivity contribution in [2.45, 2.75) is 25.6 Å². The molecule has 0 spiro atoms. The van der Waals surface area contributed by atoms with E-state index in [0.717, 1.165) is 6.07 Å². The molecule has 1 heterocycles. The van der Waals surface area contributed by atoms with Crippen LogP contribution in [0.1, 0.15) is 18.1 Å². The Hall–Kier alpha value is -1.49. The zero-order valence-corrected chi connectivity index (χ0v) is 9.21. The number of nitrogens with two attached hydrogens (primary N) is 1. The number of hydrogen-bond donors (Lipinski definition) is 1. The number of benzene rings is 1. The van der Waals surface area contributed by atoms with Crippen molar-refractivity contribution in [3.8, 4) is 0 Å². The first kappa shape index (κ1) is 12.0. The lowest BCUT2D eigenvalue weighted by Crippen LogP contribution is -2.18. The average molecular weight is 243 g/mol. The van der Waals surface area contributed by atoms with Crippen LogP contribution in [0.25, 0.3) is 11.0 Å². The molecule has 0 saturated heterocycles. The summed E-state index contributed by atoms with van der Waals surface area (Å²) in [6, 6.07) is 3.72. The second-order valence-corrected chi connectivity index (χ2v) is 4.11. The molecule has 0 aliphatic carbocycles. The molecule has 0 radical (unpaired) electrons. The van der Waals surface area contributed by atoms with Gasteiger partial charge in [-0.05, 0) is 31.0 Å². The third-order valence-electron chi connectivity index (χ3n) is 2.55. The number of alkyl halides is 3. The van der Waals surface area contributed by atoms with Gasteiger partial charge in [0.1, 0.15) is 5.58 Å². The van der Waals surface area contributed by atoms with Crippen molar-refractivity contribution < 1.29 is 17.6 Å². The molecule has 5 heteroatoms. The van der Waals surface area contributed by atoms with Gasteiger partial charge in [0.25, 0.3) is 0 Å². The summed E-state index contributed by atoms with van der Waals surface area (Å²) in [6.07, 6.45) is -2.61. The predicted molar refractivity (Wildman–Crippen MR) is 58.6 cm³/mol. The molecule has 0 amide bonds. The largest absolute Gasteiger partial charge is 0.464 e. The molecular formula is C12H12F3NO. The van der Waals surface area contributed by atoms with E-state index in [1.807, 2.05) is 0 Å². The minimum atomic E-state index is -4.37. The summed E-state index contributed by atoms with van der Waals surface area (Å²) < 4.78 is 43.3. The molecule has 1 atom stereocenters. The van der Waals surface area contributed by atoms with Crippen molar-refractivity contribution in [1.29, 1.82) is 0 Å². The van der Waals surface area contributed by atoms with E-state index in [0.29, 0.717) is 12.0 Å². The van der Waals surface area contributed by atoms with Crippen LogP contribution in [-0.2, 0) is 12.6 Å². The summed E-state index contributed by atoms with van der Waals surface area (Å²) in [6.45, 7) is 1.80. The maximum Gasteiger partial charge on any atom is 0.417 e. The maximum absolute atomic E-state index is 12.7. The van der Waals surface area contributed by atoms with Gasteiger partial charge in [-0.1, -0.05) is 6.07 Å². The van der Waals surface area contributed by atoms with Gasteiger partial charge in [-0.15, -0.1) is 0 Å². The number of fused-ring (bicyclic) bond motifs is 1. The molecule has 0 aliphatic rings. The van der Waals surface area contributed by atoms with Crippen LogP contribution >= 0.6 is 0 Å². The Balaban J connectivity index is 2.59. The fourth-order valence-corrected chi connectivity index (χ4v) is 1.87. The van der Waals surface area contributed by atoms with Crippen LogP contribution in [0.4, 0.5) is 13.2 Å². The molecule has 0 bridgehead atoms. The number of halogens is 3. The van der Waals surface area contributed by atoms with Gasteiger partial charge in [-0.2, -0.15) is 13.2 Å². The lowest BCUT2D eigenvalue weighted by molar-refractivity contribution is -0.136. The van der Waals surface area contributed by atoms with Gasteiger partial charge in [0, 0.05) is 11.4 Å². The Bertz CT molecular complexity index is 528. The van der Waals surface area contributed by atoms with E-state index >= 15 is 0 Å². The Labute approximate surface area is 96.2 Å². The van der Waals surface area contributed by atoms with Gasteiger partial charge in [0.2, 0.25) is 0 Å². The topological polar surface area (TPSA) is 39.2 Å². The van der Waals surface area contributed by atoms with Gasteiger partial charge in [-0.3, -0.25) is 0 Å². The zero-order valence-electron chi connectivity index (χ0n) is 9.21. The van der Waals surface area contributed by atoms with Gasteiger partial charge in [0.05, 0.1) is 11.8 Å². The molecule has 2 aromatic rings. The van der Waals surface area contributed by atoms with Gasteiger partial charge in [0.15, 0.2) is 0 Å². The molecular weight excluding hydrogens is 231 g/mol. The van der Waals surface area contributed by atoms with E-state index in [9.17, 15) is 13.2 Å². The fraction of sp³-hybridized carbons (Fsp3) is 0.333. The number of furan rings is 1. The number of rotatable bonds is 2. The molecule has 1 aromatic heterocycles. The third-order valence-corrected chi connectivity index (χ3v) is 2.55. The fourth-order valence-electron chi connectivity index (χ4n) is 1.87. The van der Waals surface area contributed by atoms with Crippen LogP contribution < -0.4 is 5.73 Å². The van der Waals surface area contributed by atoms with Crippen LogP contribution in [0, 0.1) is 0 Å². The summed E-state index contributed by atoms with van der Waals surface area (Å²) in [5.41, 5.74) is 5.95.